The molecule has 5 aliphatic rings. The van der Waals surface area contributed by atoms with Crippen LogP contribution >= 0.6 is 0 Å². The number of fused-ring (bicyclic) bond motifs is 2. The number of rotatable bonds is 5. The molecule has 2 heterocycles. The van der Waals surface area contributed by atoms with E-state index in [0.717, 1.165) is 49.3 Å². The molecule has 1 N–H and O–H groups in total. The molecule has 37 heavy (non-hydrogen) atoms. The van der Waals surface area contributed by atoms with Crippen molar-refractivity contribution in [2.45, 2.75) is 88.7 Å². The van der Waals surface area contributed by atoms with E-state index in [0.29, 0.717) is 12.6 Å². The van der Waals surface area contributed by atoms with E-state index in [1.54, 1.807) is 0 Å². The molecule has 2 aromatic rings. The van der Waals surface area contributed by atoms with Gasteiger partial charge in [0.15, 0.2) is 11.5 Å². The summed E-state index contributed by atoms with van der Waals surface area (Å²) >= 11 is 0. The number of piperidine rings is 1. The Morgan fingerprint density at radius 2 is 1.86 bits per heavy atom. The standard InChI is InChI=1S/C32H41NO4/c1-28(2,3)29(4,34)23-17-30-19-32(23,35-6)27-31(30)14-15-33(5)24(30)16-21-12-13-22(26(37-27)25(21)31)36-18-20-10-8-7-9-11-20/h7-13,23-24,27,34H,14-19H2,1-6H3/t23-,24?,27-,29?,30?,31?,32-/m1/s1. The molecule has 0 amide bonds. The summed E-state index contributed by atoms with van der Waals surface area (Å²) in [5.74, 6) is 1.76. The Bertz CT molecular complexity index is 1250. The van der Waals surface area contributed by atoms with Crippen molar-refractivity contribution in [3.63, 3.8) is 0 Å². The van der Waals surface area contributed by atoms with E-state index in [1.165, 1.54) is 11.1 Å². The Hall–Kier alpha value is -2.08. The lowest BCUT2D eigenvalue weighted by Gasteiger charge is -2.63. The van der Waals surface area contributed by atoms with E-state index in [-0.39, 0.29) is 28.3 Å². The molecule has 2 saturated carbocycles. The Morgan fingerprint density at radius 1 is 1.11 bits per heavy atom. The van der Waals surface area contributed by atoms with Crippen LogP contribution in [0, 0.1) is 16.7 Å². The van der Waals surface area contributed by atoms with Crippen molar-refractivity contribution < 1.29 is 19.3 Å². The molecule has 4 bridgehead atoms. The molecule has 2 spiro atoms. The van der Waals surface area contributed by atoms with Gasteiger partial charge in [0.1, 0.15) is 18.3 Å². The van der Waals surface area contributed by atoms with Crippen LogP contribution in [0.25, 0.3) is 0 Å². The zero-order valence-electron chi connectivity index (χ0n) is 23.1. The molecule has 5 nitrogen and oxygen atoms in total. The number of ether oxygens (including phenoxy) is 3. The van der Waals surface area contributed by atoms with Gasteiger partial charge >= 0.3 is 0 Å². The van der Waals surface area contributed by atoms with Gasteiger partial charge in [-0.25, -0.2) is 0 Å². The Balaban J connectivity index is 1.39. The molecule has 0 aromatic heterocycles. The fourth-order valence-corrected chi connectivity index (χ4v) is 9.51. The number of hydrogen-bond acceptors (Lipinski definition) is 5. The normalized spacial score (nSPS) is 38.7. The molecule has 7 atom stereocenters. The first-order valence-electron chi connectivity index (χ1n) is 14.0. The van der Waals surface area contributed by atoms with Gasteiger partial charge in [0.25, 0.3) is 0 Å². The summed E-state index contributed by atoms with van der Waals surface area (Å²) in [6, 6.07) is 15.2. The van der Waals surface area contributed by atoms with E-state index in [9.17, 15) is 5.11 Å². The van der Waals surface area contributed by atoms with Crippen molar-refractivity contribution in [2.24, 2.45) is 16.7 Å². The summed E-state index contributed by atoms with van der Waals surface area (Å²) in [5, 5.41) is 12.1. The van der Waals surface area contributed by atoms with Gasteiger partial charge in [0.2, 0.25) is 0 Å². The topological polar surface area (TPSA) is 51.2 Å². The molecule has 5 heteroatoms. The number of aliphatic hydroxyl groups is 1. The molecule has 4 unspecified atom stereocenters. The lowest BCUT2D eigenvalue weighted by atomic mass is 9.46. The highest BCUT2D eigenvalue weighted by molar-refractivity contribution is 5.65. The van der Waals surface area contributed by atoms with Gasteiger partial charge in [-0.2, -0.15) is 0 Å². The number of methoxy groups -OCH3 is 1. The highest BCUT2D eigenvalue weighted by Gasteiger charge is 2.86. The fourth-order valence-electron chi connectivity index (χ4n) is 9.51. The predicted molar refractivity (Wildman–Crippen MR) is 143 cm³/mol. The Morgan fingerprint density at radius 3 is 2.57 bits per heavy atom. The van der Waals surface area contributed by atoms with Crippen LogP contribution in [-0.2, 0) is 23.2 Å². The first kappa shape index (κ1) is 24.0. The monoisotopic (exact) mass is 503 g/mol. The first-order valence-corrected chi connectivity index (χ1v) is 14.0. The third kappa shape index (κ3) is 2.66. The van der Waals surface area contributed by atoms with Crippen molar-refractivity contribution in [2.75, 3.05) is 20.7 Å². The summed E-state index contributed by atoms with van der Waals surface area (Å²) < 4.78 is 20.2. The van der Waals surface area contributed by atoms with Crippen LogP contribution in [0.2, 0.25) is 0 Å². The molecular formula is C32H41NO4. The van der Waals surface area contributed by atoms with Crippen molar-refractivity contribution in [1.29, 1.82) is 0 Å². The van der Waals surface area contributed by atoms with Gasteiger partial charge in [0.05, 0.1) is 5.60 Å². The number of hydrogen-bond donors (Lipinski definition) is 1. The second kappa shape index (κ2) is 7.31. The van der Waals surface area contributed by atoms with Gasteiger partial charge in [-0.1, -0.05) is 57.2 Å². The molecular weight excluding hydrogens is 462 g/mol. The maximum atomic E-state index is 12.1. The summed E-state index contributed by atoms with van der Waals surface area (Å²) in [5.41, 5.74) is 2.13. The van der Waals surface area contributed by atoms with E-state index in [1.807, 2.05) is 32.2 Å². The Kier molecular flexibility index (Phi) is 4.74. The summed E-state index contributed by atoms with van der Waals surface area (Å²) in [6.45, 7) is 10.1. The third-order valence-electron chi connectivity index (χ3n) is 11.7. The second-order valence-electron chi connectivity index (χ2n) is 13.8. The van der Waals surface area contributed by atoms with E-state index in [2.05, 4.69) is 57.0 Å². The van der Waals surface area contributed by atoms with Crippen molar-refractivity contribution in [3.8, 4) is 11.5 Å². The van der Waals surface area contributed by atoms with Crippen LogP contribution in [0.3, 0.4) is 0 Å². The lowest BCUT2D eigenvalue weighted by Crippen LogP contribution is -2.71. The van der Waals surface area contributed by atoms with Crippen molar-refractivity contribution in [3.05, 3.63) is 59.2 Å². The fraction of sp³-hybridized carbons (Fsp3) is 0.625. The van der Waals surface area contributed by atoms with Gasteiger partial charge in [-0.3, -0.25) is 0 Å². The first-order chi connectivity index (χ1) is 17.5. The number of likely N-dealkylation sites (N-methyl/N-ethyl adjacent to an activating group) is 1. The van der Waals surface area contributed by atoms with Crippen LogP contribution < -0.4 is 9.47 Å². The number of benzene rings is 2. The molecule has 2 aromatic carbocycles. The molecule has 0 radical (unpaired) electrons. The molecule has 3 fully saturated rings. The van der Waals surface area contributed by atoms with E-state index >= 15 is 0 Å². The maximum absolute atomic E-state index is 12.1. The SMILES string of the molecule is CO[C@]12CC3(C[C@@H]1C(C)(O)C(C)(C)C)C1Cc4ccc(OCc5ccccc5)c5c4C3(CCN1C)[C@H]2O5. The van der Waals surface area contributed by atoms with Crippen molar-refractivity contribution in [1.82, 2.24) is 4.90 Å². The van der Waals surface area contributed by atoms with Crippen LogP contribution in [0.1, 0.15) is 63.6 Å². The number of nitrogens with zero attached hydrogens (tertiary/aromatic N) is 1. The minimum Gasteiger partial charge on any atom is -0.485 e. The van der Waals surface area contributed by atoms with Gasteiger partial charge in [0, 0.05) is 35.5 Å². The van der Waals surface area contributed by atoms with Crippen molar-refractivity contribution >= 4 is 0 Å². The third-order valence-corrected chi connectivity index (χ3v) is 11.7. The predicted octanol–water partition coefficient (Wildman–Crippen LogP) is 5.12. The second-order valence-corrected chi connectivity index (χ2v) is 13.8. The quantitative estimate of drug-likeness (QED) is 0.614. The summed E-state index contributed by atoms with van der Waals surface area (Å²) in [7, 11) is 4.15. The largest absolute Gasteiger partial charge is 0.485 e. The smallest absolute Gasteiger partial charge is 0.166 e. The molecule has 2 aliphatic heterocycles. The van der Waals surface area contributed by atoms with Crippen LogP contribution in [0.4, 0.5) is 0 Å². The molecule has 3 aliphatic carbocycles. The average Bonchev–Trinajstić information content (AvgIpc) is 3.48. The van der Waals surface area contributed by atoms with Gasteiger partial charge in [-0.15, -0.1) is 0 Å². The molecule has 198 valence electrons. The van der Waals surface area contributed by atoms with E-state index in [4.69, 9.17) is 14.2 Å². The zero-order chi connectivity index (χ0) is 26.0. The van der Waals surface area contributed by atoms with Crippen LogP contribution in [-0.4, -0.2) is 54.1 Å². The highest BCUT2D eigenvalue weighted by Crippen LogP contribution is 2.81. The highest BCUT2D eigenvalue weighted by atomic mass is 16.6. The molecule has 1 saturated heterocycles. The van der Waals surface area contributed by atoms with E-state index < -0.39 is 11.2 Å². The minimum absolute atomic E-state index is 0.0108. The van der Waals surface area contributed by atoms with Crippen LogP contribution in [0.15, 0.2) is 42.5 Å². The summed E-state index contributed by atoms with van der Waals surface area (Å²) in [4.78, 5) is 2.59. The summed E-state index contributed by atoms with van der Waals surface area (Å²) in [6.07, 6.45) is 3.86. The minimum atomic E-state index is -0.897. The number of likely N-dealkylation sites (tertiary alicyclic amines) is 1. The maximum Gasteiger partial charge on any atom is 0.166 e. The van der Waals surface area contributed by atoms with Gasteiger partial charge < -0.3 is 24.2 Å². The zero-order valence-corrected chi connectivity index (χ0v) is 23.1. The van der Waals surface area contributed by atoms with Gasteiger partial charge in [-0.05, 0) is 68.8 Å². The average molecular weight is 504 g/mol. The van der Waals surface area contributed by atoms with Crippen LogP contribution in [0.5, 0.6) is 11.5 Å². The Labute approximate surface area is 221 Å². The molecule has 7 rings (SSSR count). The lowest BCUT2D eigenvalue weighted by molar-refractivity contribution is -0.211.